The number of hydrogen-bond acceptors (Lipinski definition) is 10. The Balaban J connectivity index is 0.000000166. The van der Waals surface area contributed by atoms with E-state index in [0.717, 1.165) is 89.9 Å². The lowest BCUT2D eigenvalue weighted by molar-refractivity contribution is 0.0620. The number of alkyl halides is 1. The maximum absolute atomic E-state index is 12.5. The van der Waals surface area contributed by atoms with Gasteiger partial charge in [-0.25, -0.2) is 19.7 Å². The smallest absolute Gasteiger partial charge is 0.261 e. The minimum atomic E-state index is -0.451. The normalized spacial score (nSPS) is 18.1. The number of piperidine rings is 3. The Bertz CT molecular complexity index is 2700. The number of amides is 4. The number of rotatable bonds is 10. The summed E-state index contributed by atoms with van der Waals surface area (Å²) >= 11 is 3.21. The average molecular weight is 1060 g/mol. The molecule has 0 saturated carbocycles. The van der Waals surface area contributed by atoms with Gasteiger partial charge in [0.25, 0.3) is 40.2 Å². The van der Waals surface area contributed by atoms with Crippen molar-refractivity contribution in [3.8, 4) is 0 Å². The number of imide groups is 2. The monoisotopic (exact) mass is 1060 g/mol. The van der Waals surface area contributed by atoms with Gasteiger partial charge in [-0.2, -0.15) is 0 Å². The molecule has 5 heterocycles. The van der Waals surface area contributed by atoms with E-state index in [4.69, 9.17) is 25.5 Å². The van der Waals surface area contributed by atoms with Crippen LogP contribution in [0.15, 0.2) is 140 Å². The van der Waals surface area contributed by atoms with Crippen LogP contribution < -0.4 is 22.7 Å². The van der Waals surface area contributed by atoms with Crippen LogP contribution in [0.3, 0.4) is 0 Å². The largest absolute Gasteiger partial charge is 0.329 e. The number of fused-ring (bicyclic) bond motifs is 2. The van der Waals surface area contributed by atoms with E-state index in [1.807, 2.05) is 66.7 Å². The molecule has 0 aromatic heterocycles. The standard InChI is InChI=1S/C22H21N3O2.C14H19N3.C12H14N2.C10H8BrNO2.H4N2/c1-23-22(17-7-3-2-4-8-17)11-13-24(14-12-22)15-16-25-20(26)18-9-5-6-10-19(18)21(25)27;1-16-14(13-5-3-2-4-6-13)7-10-17(11-8-14)12-9-15;1-13-12(7-9-14-10-8-12)11-5-3-2-4-6-11;11-5-6-12-9(13)7-3-1-2-4-8(7)10(12)14;1-2/h2-10H,11-16H2;2-6H,7-12,15H2;2-6,14H,7-10H2;1-4H,5-6H2;1-2H2. The molecule has 0 atom stereocenters. The molecular formula is C58H66BrN11O4. The first kappa shape index (κ1) is 56.4. The van der Waals surface area contributed by atoms with Crippen LogP contribution >= 0.6 is 15.9 Å². The highest BCUT2D eigenvalue weighted by Crippen LogP contribution is 2.39. The number of benzene rings is 5. The Morgan fingerprint density at radius 1 is 0.446 bits per heavy atom. The number of hydrogen-bond donors (Lipinski definition) is 4. The van der Waals surface area contributed by atoms with E-state index < -0.39 is 5.54 Å². The van der Waals surface area contributed by atoms with Gasteiger partial charge in [-0.3, -0.25) is 40.7 Å². The summed E-state index contributed by atoms with van der Waals surface area (Å²) in [5.74, 6) is 7.22. The average Bonchev–Trinajstić information content (AvgIpc) is 3.87. The number of hydrazine groups is 1. The van der Waals surface area contributed by atoms with Crippen molar-refractivity contribution in [2.24, 2.45) is 17.4 Å². The van der Waals surface area contributed by atoms with Crippen LogP contribution in [0.25, 0.3) is 14.5 Å². The van der Waals surface area contributed by atoms with Crippen molar-refractivity contribution in [1.82, 2.24) is 24.9 Å². The molecule has 5 aliphatic heterocycles. The second-order valence-electron chi connectivity index (χ2n) is 18.6. The third kappa shape index (κ3) is 13.1. The lowest BCUT2D eigenvalue weighted by Crippen LogP contribution is -2.45. The number of carbonyl (C=O) groups is 4. The van der Waals surface area contributed by atoms with Gasteiger partial charge in [-0.05, 0) is 24.3 Å². The number of halogens is 1. The van der Waals surface area contributed by atoms with Crippen LogP contribution in [0.4, 0.5) is 0 Å². The molecular weight excluding hydrogens is 995 g/mol. The highest BCUT2D eigenvalue weighted by molar-refractivity contribution is 9.09. The first-order valence-corrected chi connectivity index (χ1v) is 26.2. The van der Waals surface area contributed by atoms with Gasteiger partial charge in [0.15, 0.2) is 0 Å². The molecule has 74 heavy (non-hydrogen) atoms. The number of nitrogens with one attached hydrogen (secondary N) is 1. The third-order valence-electron chi connectivity index (χ3n) is 14.5. The highest BCUT2D eigenvalue weighted by atomic mass is 79.9. The number of likely N-dealkylation sites (tertiary alicyclic amines) is 2. The molecule has 5 aromatic carbocycles. The molecule has 15 nitrogen and oxygen atoms in total. The molecule has 10 rings (SSSR count). The van der Waals surface area contributed by atoms with Crippen LogP contribution in [-0.2, 0) is 16.6 Å². The fraction of sp³-hybridized carbons (Fsp3) is 0.362. The lowest BCUT2D eigenvalue weighted by atomic mass is 9.81. The van der Waals surface area contributed by atoms with Crippen LogP contribution in [0.1, 0.15) is 96.6 Å². The molecule has 0 bridgehead atoms. The first-order chi connectivity index (χ1) is 36.1. The Labute approximate surface area is 444 Å². The van der Waals surface area contributed by atoms with Crippen molar-refractivity contribution in [2.75, 3.05) is 77.3 Å². The van der Waals surface area contributed by atoms with E-state index >= 15 is 0 Å². The van der Waals surface area contributed by atoms with Crippen LogP contribution in [0, 0.1) is 19.7 Å². The molecule has 16 heteroatoms. The minimum Gasteiger partial charge on any atom is -0.329 e. The summed E-state index contributed by atoms with van der Waals surface area (Å²) in [6, 6.07) is 44.3. The fourth-order valence-corrected chi connectivity index (χ4v) is 10.5. The van der Waals surface area contributed by atoms with Gasteiger partial charge in [0, 0.05) is 133 Å². The molecule has 384 valence electrons. The van der Waals surface area contributed by atoms with Gasteiger partial charge >= 0.3 is 0 Å². The van der Waals surface area contributed by atoms with Gasteiger partial charge < -0.3 is 35.4 Å². The van der Waals surface area contributed by atoms with E-state index in [9.17, 15) is 19.2 Å². The summed E-state index contributed by atoms with van der Waals surface area (Å²) in [5.41, 5.74) is 10.0. The van der Waals surface area contributed by atoms with Gasteiger partial charge in [0.05, 0.1) is 22.3 Å². The zero-order valence-corrected chi connectivity index (χ0v) is 43.5. The van der Waals surface area contributed by atoms with E-state index in [-0.39, 0.29) is 34.7 Å². The van der Waals surface area contributed by atoms with Crippen LogP contribution in [0.5, 0.6) is 0 Å². The second kappa shape index (κ2) is 27.4. The van der Waals surface area contributed by atoms with E-state index in [2.05, 4.69) is 81.5 Å². The zero-order valence-electron chi connectivity index (χ0n) is 41.9. The SMILES string of the molecule is NN.O=C1c2ccccc2C(=O)N1CCBr.[C-]#[N+]C1(c2ccccc2)CCN(CCN)CC1.[C-]#[N+]C1(c2ccccc2)CCN(CCN2C(=O)c3ccccc3C2=O)CC1.[C-]#[N+]C1(c2ccccc2)CCNCC1. The molecule has 3 fully saturated rings. The Hall–Kier alpha value is -6.91. The van der Waals surface area contributed by atoms with Crippen LogP contribution in [0.2, 0.25) is 0 Å². The number of nitrogens with two attached hydrogens (primary N) is 3. The molecule has 0 aliphatic carbocycles. The molecule has 7 N–H and O–H groups in total. The molecule has 0 unspecified atom stereocenters. The summed E-state index contributed by atoms with van der Waals surface area (Å²) in [6.45, 7) is 31.2. The quantitative estimate of drug-likeness (QED) is 0.0355. The van der Waals surface area contributed by atoms with Gasteiger partial charge in [-0.1, -0.05) is 131 Å². The van der Waals surface area contributed by atoms with Crippen molar-refractivity contribution < 1.29 is 19.2 Å². The maximum atomic E-state index is 12.5. The topological polar surface area (TPSA) is 184 Å². The van der Waals surface area contributed by atoms with Crippen LogP contribution in [-0.4, -0.2) is 121 Å². The lowest BCUT2D eigenvalue weighted by Gasteiger charge is -2.34. The Morgan fingerprint density at radius 3 is 1.05 bits per heavy atom. The molecule has 5 aromatic rings. The van der Waals surface area contributed by atoms with Crippen molar-refractivity contribution in [1.29, 1.82) is 0 Å². The predicted octanol–water partition coefficient (Wildman–Crippen LogP) is 7.73. The fourth-order valence-electron chi connectivity index (χ4n) is 10.2. The van der Waals surface area contributed by atoms with Gasteiger partial charge in [0.2, 0.25) is 0 Å². The van der Waals surface area contributed by atoms with Crippen molar-refractivity contribution in [3.63, 3.8) is 0 Å². The van der Waals surface area contributed by atoms with Gasteiger partial charge in [0.1, 0.15) is 0 Å². The summed E-state index contributed by atoms with van der Waals surface area (Å²) in [6.07, 6.45) is 5.23. The summed E-state index contributed by atoms with van der Waals surface area (Å²) in [5, 5.41) is 3.91. The van der Waals surface area contributed by atoms with Crippen molar-refractivity contribution >= 4 is 39.6 Å². The number of nitrogens with zero attached hydrogens (tertiary/aromatic N) is 7. The molecule has 5 aliphatic rings. The van der Waals surface area contributed by atoms with E-state index in [0.29, 0.717) is 53.8 Å². The molecule has 0 spiro atoms. The summed E-state index contributed by atoms with van der Waals surface area (Å²) < 4.78 is 0. The highest BCUT2D eigenvalue weighted by Gasteiger charge is 2.44. The Kier molecular flexibility index (Phi) is 20.9. The minimum absolute atomic E-state index is 0.190. The maximum Gasteiger partial charge on any atom is 0.261 e. The van der Waals surface area contributed by atoms with E-state index in [1.165, 1.54) is 20.9 Å². The van der Waals surface area contributed by atoms with Crippen molar-refractivity contribution in [2.45, 2.75) is 55.1 Å². The van der Waals surface area contributed by atoms with Gasteiger partial charge in [-0.15, -0.1) is 0 Å². The van der Waals surface area contributed by atoms with Crippen molar-refractivity contribution in [3.05, 3.63) is 213 Å². The zero-order chi connectivity index (χ0) is 53.0. The van der Waals surface area contributed by atoms with E-state index in [1.54, 1.807) is 48.5 Å². The second-order valence-corrected chi connectivity index (χ2v) is 19.3. The Morgan fingerprint density at radius 2 is 0.743 bits per heavy atom. The first-order valence-electron chi connectivity index (χ1n) is 25.1. The molecule has 4 amide bonds. The molecule has 3 saturated heterocycles. The summed E-state index contributed by atoms with van der Waals surface area (Å²) in [7, 11) is 0. The molecule has 0 radical (unpaired) electrons. The summed E-state index contributed by atoms with van der Waals surface area (Å²) in [4.78, 5) is 67.3. The number of carbonyl (C=O) groups excluding carboxylic acids is 4. The third-order valence-corrected chi connectivity index (χ3v) is 14.9. The predicted molar refractivity (Wildman–Crippen MR) is 292 cm³/mol.